The van der Waals surface area contributed by atoms with Gasteiger partial charge in [0.25, 0.3) is 0 Å². The molecule has 0 aromatic heterocycles. The number of rotatable bonds is 57. The first kappa shape index (κ1) is 67.1. The lowest BCUT2D eigenvalue weighted by Crippen LogP contribution is -2.45. The third-order valence-electron chi connectivity index (χ3n) is 14.1. The zero-order valence-electron chi connectivity index (χ0n) is 46.3. The van der Waals surface area contributed by atoms with Gasteiger partial charge in [0.05, 0.1) is 25.4 Å². The fourth-order valence-electron chi connectivity index (χ4n) is 9.39. The Morgan fingerprint density at radius 3 is 1.03 bits per heavy atom. The van der Waals surface area contributed by atoms with E-state index in [2.05, 4.69) is 43.5 Å². The summed E-state index contributed by atoms with van der Waals surface area (Å²) >= 11 is 0. The van der Waals surface area contributed by atoms with Crippen molar-refractivity contribution >= 4 is 11.9 Å². The number of allylic oxidation sites excluding steroid dienone is 5. The summed E-state index contributed by atoms with van der Waals surface area (Å²) in [5, 5.41) is 22.9. The van der Waals surface area contributed by atoms with E-state index in [1.165, 1.54) is 257 Å². The van der Waals surface area contributed by atoms with Gasteiger partial charge in [-0.05, 0) is 83.5 Å². The Bertz CT molecular complexity index is 1120. The SMILES string of the molecule is CCCCCCCCC/C=C\CCCCCCCCCC(=O)OCCCCCCCCCCCCCC/C=C\CCCCCCCCCCCC(=O)NC(CO)C(O)/C=C/CCCCCCCCC. The lowest BCUT2D eigenvalue weighted by atomic mass is 10.0. The van der Waals surface area contributed by atoms with Gasteiger partial charge in [-0.2, -0.15) is 0 Å². The number of carbonyl (C=O) groups is 2. The van der Waals surface area contributed by atoms with E-state index < -0.39 is 12.1 Å². The number of esters is 1. The number of aliphatic hydroxyl groups is 2. The fraction of sp³-hybridized carbons (Fsp3) is 0.873. The first-order chi connectivity index (χ1) is 34.0. The molecule has 0 aromatic rings. The van der Waals surface area contributed by atoms with E-state index in [0.717, 1.165) is 44.9 Å². The predicted molar refractivity (Wildman–Crippen MR) is 301 cm³/mol. The molecule has 0 saturated carbocycles. The monoisotopic (exact) mass is 970 g/mol. The highest BCUT2D eigenvalue weighted by Gasteiger charge is 2.18. The summed E-state index contributed by atoms with van der Waals surface area (Å²) in [5.41, 5.74) is 0. The molecule has 0 aromatic carbocycles. The van der Waals surface area contributed by atoms with Crippen LogP contribution in [0.4, 0.5) is 0 Å². The van der Waals surface area contributed by atoms with Crippen molar-refractivity contribution < 1.29 is 24.5 Å². The number of hydrogen-bond acceptors (Lipinski definition) is 5. The van der Waals surface area contributed by atoms with Gasteiger partial charge in [-0.15, -0.1) is 0 Å². The van der Waals surface area contributed by atoms with Gasteiger partial charge >= 0.3 is 5.97 Å². The highest BCUT2D eigenvalue weighted by Crippen LogP contribution is 2.16. The van der Waals surface area contributed by atoms with Crippen molar-refractivity contribution in [1.29, 1.82) is 0 Å². The Hall–Kier alpha value is -1.92. The van der Waals surface area contributed by atoms with Crippen molar-refractivity contribution in [3.63, 3.8) is 0 Å². The Morgan fingerprint density at radius 2 is 0.681 bits per heavy atom. The van der Waals surface area contributed by atoms with Gasteiger partial charge in [-0.3, -0.25) is 9.59 Å². The third kappa shape index (κ3) is 55.2. The maximum absolute atomic E-state index is 12.4. The Labute approximate surface area is 430 Å². The van der Waals surface area contributed by atoms with Crippen molar-refractivity contribution in [2.45, 2.75) is 341 Å². The average molecular weight is 971 g/mol. The van der Waals surface area contributed by atoms with Gasteiger partial charge in [0, 0.05) is 12.8 Å². The minimum absolute atomic E-state index is 0.00990. The highest BCUT2D eigenvalue weighted by atomic mass is 16.5. The molecule has 6 heteroatoms. The van der Waals surface area contributed by atoms with Gasteiger partial charge in [-0.25, -0.2) is 0 Å². The number of unbranched alkanes of at least 4 members (excludes halogenated alkanes) is 42. The standard InChI is InChI=1S/C63H119NO5/c1-3-5-7-9-11-13-14-15-16-17-28-31-34-37-41-45-49-53-57-63(68)69-58-54-50-46-42-38-35-32-29-26-24-22-20-18-19-21-23-25-27-30-33-36-40-44-48-52-56-62(67)64-60(59-65)61(66)55-51-47-43-39-12-10-8-6-4-2/h16-17,19,21,51,55,60-61,65-66H,3-15,18,20,22-50,52-54,56-59H2,1-2H3,(H,64,67)/b17-16-,21-19-,55-51+. The summed E-state index contributed by atoms with van der Waals surface area (Å²) in [7, 11) is 0. The van der Waals surface area contributed by atoms with Crippen LogP contribution in [0.3, 0.4) is 0 Å². The molecule has 6 nitrogen and oxygen atoms in total. The summed E-state index contributed by atoms with van der Waals surface area (Å²) in [4.78, 5) is 24.5. The second-order valence-electron chi connectivity index (χ2n) is 21.0. The lowest BCUT2D eigenvalue weighted by molar-refractivity contribution is -0.143. The van der Waals surface area contributed by atoms with E-state index in [1.54, 1.807) is 6.08 Å². The topological polar surface area (TPSA) is 95.9 Å². The second-order valence-corrected chi connectivity index (χ2v) is 21.0. The first-order valence-corrected chi connectivity index (χ1v) is 30.8. The number of nitrogens with one attached hydrogen (secondary N) is 1. The van der Waals surface area contributed by atoms with E-state index in [9.17, 15) is 19.8 Å². The van der Waals surface area contributed by atoms with Crippen molar-refractivity contribution in [2.24, 2.45) is 0 Å². The molecule has 3 N–H and O–H groups in total. The van der Waals surface area contributed by atoms with Crippen LogP contribution in [0, 0.1) is 0 Å². The van der Waals surface area contributed by atoms with E-state index in [1.807, 2.05) is 6.08 Å². The second kappa shape index (κ2) is 58.6. The third-order valence-corrected chi connectivity index (χ3v) is 14.1. The summed E-state index contributed by atoms with van der Waals surface area (Å²) in [6, 6.07) is -0.628. The quantitative estimate of drug-likeness (QED) is 0.0321. The summed E-state index contributed by atoms with van der Waals surface area (Å²) in [5.74, 6) is -0.0637. The smallest absolute Gasteiger partial charge is 0.305 e. The Kier molecular flexibility index (Phi) is 57.0. The van der Waals surface area contributed by atoms with Crippen LogP contribution in [0.1, 0.15) is 328 Å². The normalized spacial score (nSPS) is 12.8. The molecule has 1 amide bonds. The van der Waals surface area contributed by atoms with Crippen LogP contribution in [0.5, 0.6) is 0 Å². The zero-order valence-corrected chi connectivity index (χ0v) is 46.3. The van der Waals surface area contributed by atoms with Crippen LogP contribution in [0.2, 0.25) is 0 Å². The lowest BCUT2D eigenvalue weighted by Gasteiger charge is -2.20. The predicted octanol–water partition coefficient (Wildman–Crippen LogP) is 19.2. The molecule has 0 radical (unpaired) electrons. The molecule has 0 aliphatic rings. The van der Waals surface area contributed by atoms with Crippen molar-refractivity contribution in [1.82, 2.24) is 5.32 Å². The maximum Gasteiger partial charge on any atom is 0.305 e. The van der Waals surface area contributed by atoms with Crippen LogP contribution in [-0.4, -0.2) is 47.4 Å². The molecule has 0 saturated heterocycles. The number of hydrogen-bond donors (Lipinski definition) is 3. The molecule has 0 rings (SSSR count). The number of aliphatic hydroxyl groups excluding tert-OH is 2. The molecule has 2 atom stereocenters. The van der Waals surface area contributed by atoms with Gasteiger partial charge in [0.2, 0.25) is 5.91 Å². The number of amides is 1. The molecule has 0 heterocycles. The molecular formula is C63H119NO5. The van der Waals surface area contributed by atoms with Gasteiger partial charge in [-0.1, -0.05) is 269 Å². The molecule has 0 bridgehead atoms. The molecule has 69 heavy (non-hydrogen) atoms. The van der Waals surface area contributed by atoms with Crippen molar-refractivity contribution in [3.05, 3.63) is 36.5 Å². The Morgan fingerprint density at radius 1 is 0.391 bits per heavy atom. The maximum atomic E-state index is 12.4. The van der Waals surface area contributed by atoms with Crippen LogP contribution >= 0.6 is 0 Å². The van der Waals surface area contributed by atoms with Crippen molar-refractivity contribution in [3.8, 4) is 0 Å². The van der Waals surface area contributed by atoms with Gasteiger partial charge in [0.1, 0.15) is 0 Å². The molecule has 0 aliphatic heterocycles. The zero-order chi connectivity index (χ0) is 50.0. The summed E-state index contributed by atoms with van der Waals surface area (Å²) < 4.78 is 5.49. The minimum Gasteiger partial charge on any atom is -0.466 e. The first-order valence-electron chi connectivity index (χ1n) is 30.8. The minimum atomic E-state index is -0.844. The molecule has 406 valence electrons. The van der Waals surface area contributed by atoms with Crippen LogP contribution in [0.15, 0.2) is 36.5 Å². The number of ether oxygens (including phenoxy) is 1. The summed E-state index contributed by atoms with van der Waals surface area (Å²) in [6.07, 6.45) is 73.4. The molecule has 0 spiro atoms. The van der Waals surface area contributed by atoms with Crippen LogP contribution in [-0.2, 0) is 14.3 Å². The largest absolute Gasteiger partial charge is 0.466 e. The van der Waals surface area contributed by atoms with Gasteiger partial charge in [0.15, 0.2) is 0 Å². The van der Waals surface area contributed by atoms with Gasteiger partial charge < -0.3 is 20.3 Å². The van der Waals surface area contributed by atoms with E-state index >= 15 is 0 Å². The fourth-order valence-corrected chi connectivity index (χ4v) is 9.39. The molecular weight excluding hydrogens is 851 g/mol. The average Bonchev–Trinajstić information content (AvgIpc) is 3.35. The Balaban J connectivity index is 3.37. The van der Waals surface area contributed by atoms with E-state index in [4.69, 9.17) is 4.74 Å². The van der Waals surface area contributed by atoms with E-state index in [0.29, 0.717) is 19.4 Å². The van der Waals surface area contributed by atoms with Crippen molar-refractivity contribution in [2.75, 3.05) is 13.2 Å². The van der Waals surface area contributed by atoms with Crippen LogP contribution < -0.4 is 5.32 Å². The summed E-state index contributed by atoms with van der Waals surface area (Å²) in [6.45, 7) is 4.88. The number of carbonyl (C=O) groups excluding carboxylic acids is 2. The van der Waals surface area contributed by atoms with E-state index in [-0.39, 0.29) is 18.5 Å². The molecule has 2 unspecified atom stereocenters. The molecule has 0 fully saturated rings. The van der Waals surface area contributed by atoms with Crippen LogP contribution in [0.25, 0.3) is 0 Å². The molecule has 0 aliphatic carbocycles. The highest BCUT2D eigenvalue weighted by molar-refractivity contribution is 5.76.